The standard InChI is InChI=1S/C77H138O6/c1-4-7-10-13-16-19-22-24-26-28-30-32-33-34-35-36-37-38-39-40-41-42-43-44-45-46-48-49-51-53-55-58-61-64-67-70-76(79)82-73-74(72-81-75(78)69-66-63-60-57-21-18-15-12-9-6-3)83-77(80)71-68-65-62-59-56-54-52-50-47-31-29-27-25-23-20-17-14-11-8-5-2/h7,10,12,15-16,19,24,26,30,32,34-35,74H,4-6,8-9,11,13-14,17-18,20-23,25,27-29,31,33,36-73H2,1-3H3/b10-7-,15-12-,19-16-,26-24-,32-30-,35-34-. The topological polar surface area (TPSA) is 78.9 Å². The van der Waals surface area contributed by atoms with Crippen molar-refractivity contribution in [3.63, 3.8) is 0 Å². The lowest BCUT2D eigenvalue weighted by atomic mass is 10.0. The van der Waals surface area contributed by atoms with Crippen LogP contribution in [0, 0.1) is 0 Å². The minimum absolute atomic E-state index is 0.0713. The lowest BCUT2D eigenvalue weighted by Crippen LogP contribution is -2.30. The Bertz CT molecular complexity index is 1520. The van der Waals surface area contributed by atoms with Crippen LogP contribution in [-0.4, -0.2) is 37.2 Å². The van der Waals surface area contributed by atoms with E-state index in [4.69, 9.17) is 14.2 Å². The SMILES string of the molecule is CC/C=C\C/C=C\C/C=C\C/C=C\C/C=C\CCCCCCCCCCCCCCCCCCCCCC(=O)OCC(COC(=O)CCCCCCC/C=C\CCC)OC(=O)CCCCCCCCCCCCCCCCCCCCCC. The number of esters is 3. The summed E-state index contributed by atoms with van der Waals surface area (Å²) in [5, 5.41) is 0. The van der Waals surface area contributed by atoms with Gasteiger partial charge in [0, 0.05) is 19.3 Å². The molecule has 0 spiro atoms. The largest absolute Gasteiger partial charge is 0.462 e. The lowest BCUT2D eigenvalue weighted by Gasteiger charge is -2.18. The molecular formula is C77H138O6. The summed E-state index contributed by atoms with van der Waals surface area (Å²) in [7, 11) is 0. The Kier molecular flexibility index (Phi) is 68.6. The van der Waals surface area contributed by atoms with E-state index in [1.807, 2.05) is 0 Å². The zero-order chi connectivity index (χ0) is 59.9. The molecule has 0 amide bonds. The van der Waals surface area contributed by atoms with Crippen molar-refractivity contribution in [2.24, 2.45) is 0 Å². The van der Waals surface area contributed by atoms with Crippen LogP contribution >= 0.6 is 0 Å². The van der Waals surface area contributed by atoms with Gasteiger partial charge in [-0.2, -0.15) is 0 Å². The van der Waals surface area contributed by atoms with Crippen molar-refractivity contribution >= 4 is 17.9 Å². The molecule has 0 aliphatic carbocycles. The van der Waals surface area contributed by atoms with Gasteiger partial charge in [-0.25, -0.2) is 0 Å². The van der Waals surface area contributed by atoms with E-state index in [9.17, 15) is 14.4 Å². The maximum Gasteiger partial charge on any atom is 0.306 e. The maximum atomic E-state index is 12.9. The predicted molar refractivity (Wildman–Crippen MR) is 362 cm³/mol. The summed E-state index contributed by atoms with van der Waals surface area (Å²) in [5.74, 6) is -0.857. The molecule has 0 aromatic rings. The van der Waals surface area contributed by atoms with E-state index in [0.29, 0.717) is 19.3 Å². The fraction of sp³-hybridized carbons (Fsp3) is 0.805. The van der Waals surface area contributed by atoms with E-state index in [-0.39, 0.29) is 31.1 Å². The van der Waals surface area contributed by atoms with E-state index >= 15 is 0 Å². The zero-order valence-electron chi connectivity index (χ0n) is 55.5. The van der Waals surface area contributed by atoms with Crippen molar-refractivity contribution in [2.45, 2.75) is 386 Å². The monoisotopic (exact) mass is 1160 g/mol. The zero-order valence-corrected chi connectivity index (χ0v) is 55.5. The number of allylic oxidation sites excluding steroid dienone is 12. The molecule has 0 heterocycles. The molecule has 0 aliphatic heterocycles. The van der Waals surface area contributed by atoms with Crippen molar-refractivity contribution < 1.29 is 28.6 Å². The third-order valence-corrected chi connectivity index (χ3v) is 16.2. The Hall–Kier alpha value is -3.15. The van der Waals surface area contributed by atoms with Crippen molar-refractivity contribution in [1.82, 2.24) is 0 Å². The first-order valence-corrected chi connectivity index (χ1v) is 36.4. The molecule has 0 aromatic heterocycles. The molecule has 6 nitrogen and oxygen atoms in total. The number of carbonyl (C=O) groups is 3. The second kappa shape index (κ2) is 71.3. The minimum Gasteiger partial charge on any atom is -0.462 e. The molecule has 0 aromatic carbocycles. The smallest absolute Gasteiger partial charge is 0.306 e. The van der Waals surface area contributed by atoms with Gasteiger partial charge in [0.25, 0.3) is 0 Å². The van der Waals surface area contributed by atoms with Crippen LogP contribution in [0.15, 0.2) is 72.9 Å². The fourth-order valence-electron chi connectivity index (χ4n) is 10.8. The Morgan fingerprint density at radius 3 is 0.795 bits per heavy atom. The number of hydrogen-bond acceptors (Lipinski definition) is 6. The normalized spacial score (nSPS) is 12.5. The predicted octanol–water partition coefficient (Wildman–Crippen LogP) is 25.2. The molecule has 1 unspecified atom stereocenters. The summed E-state index contributed by atoms with van der Waals surface area (Å²) < 4.78 is 16.9. The van der Waals surface area contributed by atoms with Gasteiger partial charge in [-0.15, -0.1) is 0 Å². The summed E-state index contributed by atoms with van der Waals surface area (Å²) in [4.78, 5) is 38.3. The second-order valence-corrected chi connectivity index (χ2v) is 24.5. The van der Waals surface area contributed by atoms with Crippen molar-refractivity contribution in [3.05, 3.63) is 72.9 Å². The van der Waals surface area contributed by atoms with E-state index in [0.717, 1.165) is 103 Å². The molecule has 0 rings (SSSR count). The van der Waals surface area contributed by atoms with Crippen molar-refractivity contribution in [1.29, 1.82) is 0 Å². The first-order valence-electron chi connectivity index (χ1n) is 36.4. The summed E-state index contributed by atoms with van der Waals surface area (Å²) in [6.07, 6.45) is 93.9. The summed E-state index contributed by atoms with van der Waals surface area (Å²) in [5.41, 5.74) is 0. The minimum atomic E-state index is -0.774. The Morgan fingerprint density at radius 1 is 0.253 bits per heavy atom. The summed E-state index contributed by atoms with van der Waals surface area (Å²) in [6.45, 7) is 6.52. The first kappa shape index (κ1) is 79.8. The third kappa shape index (κ3) is 69.5. The molecule has 0 bridgehead atoms. The summed E-state index contributed by atoms with van der Waals surface area (Å²) in [6, 6.07) is 0. The first-order chi connectivity index (χ1) is 41.0. The number of rotatable bonds is 67. The van der Waals surface area contributed by atoms with Crippen LogP contribution in [0.25, 0.3) is 0 Å². The molecule has 1 atom stereocenters. The van der Waals surface area contributed by atoms with Crippen molar-refractivity contribution in [3.8, 4) is 0 Å². The van der Waals surface area contributed by atoms with Gasteiger partial charge in [-0.1, -0.05) is 351 Å². The van der Waals surface area contributed by atoms with Gasteiger partial charge >= 0.3 is 17.9 Å². The van der Waals surface area contributed by atoms with E-state index in [2.05, 4.69) is 93.7 Å². The fourth-order valence-corrected chi connectivity index (χ4v) is 10.8. The Labute approximate surface area is 516 Å². The van der Waals surface area contributed by atoms with Gasteiger partial charge < -0.3 is 14.2 Å². The van der Waals surface area contributed by atoms with E-state index in [1.54, 1.807) is 0 Å². The van der Waals surface area contributed by atoms with Gasteiger partial charge in [-0.3, -0.25) is 14.4 Å². The van der Waals surface area contributed by atoms with Gasteiger partial charge in [-0.05, 0) is 83.5 Å². The highest BCUT2D eigenvalue weighted by atomic mass is 16.6. The van der Waals surface area contributed by atoms with Gasteiger partial charge in [0.05, 0.1) is 0 Å². The van der Waals surface area contributed by atoms with Crippen LogP contribution < -0.4 is 0 Å². The number of ether oxygens (including phenoxy) is 3. The van der Waals surface area contributed by atoms with Crippen LogP contribution in [0.2, 0.25) is 0 Å². The highest BCUT2D eigenvalue weighted by Crippen LogP contribution is 2.19. The van der Waals surface area contributed by atoms with Gasteiger partial charge in [0.2, 0.25) is 0 Å². The molecule has 0 saturated heterocycles. The summed E-state index contributed by atoms with van der Waals surface area (Å²) >= 11 is 0. The average Bonchev–Trinajstić information content (AvgIpc) is 3.49. The molecule has 0 fully saturated rings. The van der Waals surface area contributed by atoms with E-state index < -0.39 is 6.10 Å². The molecule has 0 radical (unpaired) electrons. The maximum absolute atomic E-state index is 12.9. The van der Waals surface area contributed by atoms with Crippen LogP contribution in [0.1, 0.15) is 380 Å². The average molecular weight is 1160 g/mol. The van der Waals surface area contributed by atoms with Gasteiger partial charge in [0.1, 0.15) is 13.2 Å². The number of unbranched alkanes of at least 4 members (excludes halogenated alkanes) is 44. The highest BCUT2D eigenvalue weighted by Gasteiger charge is 2.19. The molecule has 482 valence electrons. The lowest BCUT2D eigenvalue weighted by molar-refractivity contribution is -0.167. The van der Waals surface area contributed by atoms with Gasteiger partial charge in [0.15, 0.2) is 6.10 Å². The van der Waals surface area contributed by atoms with Crippen LogP contribution in [-0.2, 0) is 28.6 Å². The third-order valence-electron chi connectivity index (χ3n) is 16.2. The van der Waals surface area contributed by atoms with E-state index in [1.165, 1.54) is 238 Å². The number of hydrogen-bond donors (Lipinski definition) is 0. The Balaban J connectivity index is 4.06. The molecular weight excluding hydrogens is 1020 g/mol. The van der Waals surface area contributed by atoms with Crippen LogP contribution in [0.4, 0.5) is 0 Å². The quantitative estimate of drug-likeness (QED) is 0.0261. The van der Waals surface area contributed by atoms with Crippen LogP contribution in [0.5, 0.6) is 0 Å². The number of carbonyl (C=O) groups excluding carboxylic acids is 3. The molecule has 0 aliphatic rings. The second-order valence-electron chi connectivity index (χ2n) is 24.5. The molecule has 0 saturated carbocycles. The van der Waals surface area contributed by atoms with Crippen LogP contribution in [0.3, 0.4) is 0 Å². The highest BCUT2D eigenvalue weighted by molar-refractivity contribution is 5.71. The van der Waals surface area contributed by atoms with Crippen molar-refractivity contribution in [2.75, 3.05) is 13.2 Å². The Morgan fingerprint density at radius 2 is 0.494 bits per heavy atom. The molecule has 83 heavy (non-hydrogen) atoms. The molecule has 6 heteroatoms. The molecule has 0 N–H and O–H groups in total.